The van der Waals surface area contributed by atoms with Crippen molar-refractivity contribution in [3.05, 3.63) is 71.8 Å². The molecule has 38 heavy (non-hydrogen) atoms. The minimum Gasteiger partial charge on any atom is -0.454 e. The lowest BCUT2D eigenvalue weighted by Gasteiger charge is -2.33. The van der Waals surface area contributed by atoms with Gasteiger partial charge in [0, 0.05) is 4.88 Å². The fraction of sp³-hybridized carbons (Fsp3) is 0.462. The molecule has 5 rings (SSSR count). The number of carbonyl (C=O) groups is 1. The number of carbonyl (C=O) groups excluding carboxylic acids is 1. The van der Waals surface area contributed by atoms with E-state index in [0.29, 0.717) is 39.1 Å². The molecule has 4 aromatic heterocycles. The predicted molar refractivity (Wildman–Crippen MR) is 143 cm³/mol. The van der Waals surface area contributed by atoms with E-state index in [9.17, 15) is 19.7 Å². The van der Waals surface area contributed by atoms with Crippen molar-refractivity contribution >= 4 is 33.1 Å². The van der Waals surface area contributed by atoms with Gasteiger partial charge in [-0.05, 0) is 69.1 Å². The molecule has 1 aliphatic carbocycles. The lowest BCUT2D eigenvalue weighted by Crippen LogP contribution is -2.35. The normalized spacial score (nSPS) is 15.6. The Balaban J connectivity index is 1.39. The van der Waals surface area contributed by atoms with Crippen molar-refractivity contribution in [1.82, 2.24) is 19.4 Å². The van der Waals surface area contributed by atoms with Crippen LogP contribution in [-0.2, 0) is 19.4 Å². The van der Waals surface area contributed by atoms with Gasteiger partial charge in [0.25, 0.3) is 5.56 Å². The summed E-state index contributed by atoms with van der Waals surface area (Å²) in [5.74, 6) is 0.721. The molecule has 0 spiro atoms. The van der Waals surface area contributed by atoms with Crippen LogP contribution in [0, 0.1) is 42.2 Å². The highest BCUT2D eigenvalue weighted by atomic mass is 32.1. The van der Waals surface area contributed by atoms with Crippen LogP contribution >= 0.6 is 11.3 Å². The fourth-order valence-electron chi connectivity index (χ4n) is 5.19. The first kappa shape index (κ1) is 25.8. The SMILES string of the molecule is Cc1nn(Cc2ccc(C(=O)Nn3c(C)nc4sc5c(c4c3=O)CC[C@@H](C(C)(C)C)C5)o2)c(C)c1[N+](=O)[O-]. The summed E-state index contributed by atoms with van der Waals surface area (Å²) < 4.78 is 8.34. The van der Waals surface area contributed by atoms with Crippen LogP contribution in [0.15, 0.2) is 21.3 Å². The van der Waals surface area contributed by atoms with Gasteiger partial charge in [-0.1, -0.05) is 20.8 Å². The predicted octanol–water partition coefficient (Wildman–Crippen LogP) is 4.66. The second kappa shape index (κ2) is 9.19. The second-order valence-electron chi connectivity index (χ2n) is 10.9. The molecule has 0 aromatic carbocycles. The number of nitro groups is 1. The maximum Gasteiger partial charge on any atom is 0.312 e. The van der Waals surface area contributed by atoms with Crippen LogP contribution in [0.5, 0.6) is 0 Å². The minimum absolute atomic E-state index is 0.00259. The molecule has 0 saturated carbocycles. The van der Waals surface area contributed by atoms with Crippen molar-refractivity contribution in [2.24, 2.45) is 11.3 Å². The summed E-state index contributed by atoms with van der Waals surface area (Å²) in [5, 5.41) is 16.1. The summed E-state index contributed by atoms with van der Waals surface area (Å²) >= 11 is 1.58. The van der Waals surface area contributed by atoms with Crippen LogP contribution in [0.4, 0.5) is 5.69 Å². The van der Waals surface area contributed by atoms with Crippen molar-refractivity contribution in [3.8, 4) is 0 Å². The molecule has 200 valence electrons. The molecule has 0 aliphatic heterocycles. The molecule has 0 unspecified atom stereocenters. The van der Waals surface area contributed by atoms with Gasteiger partial charge in [0.1, 0.15) is 27.8 Å². The quantitative estimate of drug-likeness (QED) is 0.288. The molecule has 4 heterocycles. The van der Waals surface area contributed by atoms with Crippen molar-refractivity contribution in [2.75, 3.05) is 5.43 Å². The Morgan fingerprint density at radius 3 is 2.68 bits per heavy atom. The molecule has 0 bridgehead atoms. The van der Waals surface area contributed by atoms with Crippen molar-refractivity contribution in [2.45, 2.75) is 67.3 Å². The van der Waals surface area contributed by atoms with Crippen LogP contribution in [0.3, 0.4) is 0 Å². The number of hydrogen-bond acceptors (Lipinski definition) is 8. The van der Waals surface area contributed by atoms with E-state index in [1.54, 1.807) is 38.2 Å². The van der Waals surface area contributed by atoms with Crippen LogP contribution in [-0.4, -0.2) is 30.3 Å². The molecule has 11 nitrogen and oxygen atoms in total. The van der Waals surface area contributed by atoms with Crippen LogP contribution in [0.1, 0.15) is 71.2 Å². The van der Waals surface area contributed by atoms with Crippen LogP contribution < -0.4 is 11.0 Å². The third kappa shape index (κ3) is 4.42. The van der Waals surface area contributed by atoms with Gasteiger partial charge in [0.05, 0.1) is 16.9 Å². The molecule has 0 saturated heterocycles. The summed E-state index contributed by atoms with van der Waals surface area (Å²) in [6.45, 7) is 11.7. The lowest BCUT2D eigenvalue weighted by molar-refractivity contribution is -0.386. The van der Waals surface area contributed by atoms with Gasteiger partial charge in [-0.15, -0.1) is 11.3 Å². The van der Waals surface area contributed by atoms with Gasteiger partial charge >= 0.3 is 11.6 Å². The largest absolute Gasteiger partial charge is 0.454 e. The third-order valence-electron chi connectivity index (χ3n) is 7.41. The smallest absolute Gasteiger partial charge is 0.312 e. The summed E-state index contributed by atoms with van der Waals surface area (Å²) in [4.78, 5) is 43.9. The van der Waals surface area contributed by atoms with Crippen LogP contribution in [0.2, 0.25) is 0 Å². The molecule has 1 aliphatic rings. The molecule has 1 amide bonds. The molecular weight excluding hydrogens is 508 g/mol. The first-order chi connectivity index (χ1) is 17.8. The van der Waals surface area contributed by atoms with E-state index in [1.807, 2.05) is 0 Å². The number of nitrogens with one attached hydrogen (secondary N) is 1. The molecule has 0 radical (unpaired) electrons. The van der Waals surface area contributed by atoms with Gasteiger partial charge in [-0.2, -0.15) is 5.10 Å². The summed E-state index contributed by atoms with van der Waals surface area (Å²) in [6.07, 6.45) is 2.76. The number of fused-ring (bicyclic) bond motifs is 3. The van der Waals surface area contributed by atoms with Gasteiger partial charge in [0.15, 0.2) is 5.76 Å². The Morgan fingerprint density at radius 2 is 2.03 bits per heavy atom. The highest BCUT2D eigenvalue weighted by Gasteiger charge is 2.32. The number of rotatable bonds is 5. The highest BCUT2D eigenvalue weighted by Crippen LogP contribution is 2.42. The van der Waals surface area contributed by atoms with E-state index in [0.717, 1.165) is 24.8 Å². The first-order valence-corrected chi connectivity index (χ1v) is 13.3. The average Bonchev–Trinajstić information content (AvgIpc) is 3.51. The number of nitrogens with zero attached hydrogens (tertiary/aromatic N) is 5. The third-order valence-corrected chi connectivity index (χ3v) is 8.55. The lowest BCUT2D eigenvalue weighted by atomic mass is 9.72. The summed E-state index contributed by atoms with van der Waals surface area (Å²) in [7, 11) is 0. The molecule has 4 aromatic rings. The van der Waals surface area contributed by atoms with Crippen LogP contribution in [0.25, 0.3) is 10.2 Å². The number of aromatic nitrogens is 4. The Hall–Kier alpha value is -3.80. The summed E-state index contributed by atoms with van der Waals surface area (Å²) in [6, 6.07) is 3.10. The monoisotopic (exact) mass is 538 g/mol. The Kier molecular flexibility index (Phi) is 6.25. The van der Waals surface area contributed by atoms with E-state index < -0.39 is 10.8 Å². The molecule has 1 atom stereocenters. The van der Waals surface area contributed by atoms with Gasteiger partial charge in [-0.25, -0.2) is 9.66 Å². The van der Waals surface area contributed by atoms with Gasteiger partial charge in [0.2, 0.25) is 0 Å². The highest BCUT2D eigenvalue weighted by molar-refractivity contribution is 7.18. The van der Waals surface area contributed by atoms with Crippen molar-refractivity contribution in [1.29, 1.82) is 0 Å². The molecule has 1 N–H and O–H groups in total. The van der Waals surface area contributed by atoms with Gasteiger partial charge in [-0.3, -0.25) is 29.8 Å². The molecule has 0 fully saturated rings. The number of amides is 1. The maximum absolute atomic E-state index is 13.5. The van der Waals surface area contributed by atoms with E-state index in [2.05, 4.69) is 36.3 Å². The number of thiophene rings is 1. The average molecular weight is 539 g/mol. The fourth-order valence-corrected chi connectivity index (χ4v) is 6.53. The second-order valence-corrected chi connectivity index (χ2v) is 12.0. The Bertz CT molecular complexity index is 1650. The Labute approximate surface area is 222 Å². The first-order valence-electron chi connectivity index (χ1n) is 12.5. The number of hydrogen-bond donors (Lipinski definition) is 1. The van der Waals surface area contributed by atoms with Crippen molar-refractivity contribution in [3.63, 3.8) is 0 Å². The topological polar surface area (TPSA) is 138 Å². The number of aryl methyl sites for hydroxylation is 3. The maximum atomic E-state index is 13.5. The zero-order valence-corrected chi connectivity index (χ0v) is 23.1. The van der Waals surface area contributed by atoms with E-state index in [1.165, 1.54) is 20.3 Å². The van der Waals surface area contributed by atoms with E-state index in [-0.39, 0.29) is 29.0 Å². The Morgan fingerprint density at radius 1 is 1.29 bits per heavy atom. The van der Waals surface area contributed by atoms with E-state index in [4.69, 9.17) is 4.42 Å². The van der Waals surface area contributed by atoms with E-state index >= 15 is 0 Å². The number of furan rings is 1. The van der Waals surface area contributed by atoms with Crippen molar-refractivity contribution < 1.29 is 14.1 Å². The minimum atomic E-state index is -0.598. The molecular formula is C26H30N6O5S. The zero-order chi connectivity index (χ0) is 27.5. The summed E-state index contributed by atoms with van der Waals surface area (Å²) in [5.41, 5.74) is 4.23. The molecule has 12 heteroatoms. The standard InChI is InChI=1S/C26H30N6O5S/c1-13-22(32(35)36)14(2)30(28-13)12-17-8-10-19(37-17)23(33)29-31-15(3)27-24-21(25(31)34)18-9-7-16(26(4,5)6)11-20(18)38-24/h8,10,16H,7,9,11-12H2,1-6H3,(H,29,33)/t16-/m1/s1. The zero-order valence-electron chi connectivity index (χ0n) is 22.2. The van der Waals surface area contributed by atoms with Gasteiger partial charge < -0.3 is 4.42 Å².